The zero-order valence-corrected chi connectivity index (χ0v) is 17.8. The lowest BCUT2D eigenvalue weighted by atomic mass is 10.1. The number of hydrogen-bond acceptors (Lipinski definition) is 6. The Morgan fingerprint density at radius 2 is 1.90 bits per heavy atom. The topological polar surface area (TPSA) is 78.4 Å². The molecule has 3 heterocycles. The predicted molar refractivity (Wildman–Crippen MR) is 115 cm³/mol. The number of thioether (sulfide) groups is 1. The third kappa shape index (κ3) is 4.22. The quantitative estimate of drug-likeness (QED) is 0.837. The van der Waals surface area contributed by atoms with Gasteiger partial charge in [0.25, 0.3) is 5.91 Å². The fourth-order valence-electron chi connectivity index (χ4n) is 3.53. The Hall–Kier alpha value is -2.61. The van der Waals surface area contributed by atoms with E-state index in [9.17, 15) is 9.59 Å². The van der Waals surface area contributed by atoms with E-state index in [2.05, 4.69) is 29.0 Å². The Bertz CT molecular complexity index is 954. The molecule has 0 bridgehead atoms. The molecular weight excluding hydrogens is 386 g/mol. The number of anilines is 2. The summed E-state index contributed by atoms with van der Waals surface area (Å²) in [7, 11) is 0. The van der Waals surface area contributed by atoms with Crippen LogP contribution in [0.3, 0.4) is 0 Å². The van der Waals surface area contributed by atoms with Crippen LogP contribution >= 0.6 is 11.8 Å². The van der Waals surface area contributed by atoms with Crippen molar-refractivity contribution >= 4 is 35.1 Å². The number of amides is 2. The first-order chi connectivity index (χ1) is 13.9. The molecule has 2 amide bonds. The standard InChI is InChI=1S/C21H25N5O2S/c1-13(2)20-22-14(3)10-18(24-20)25-6-8-26(9-7-25)21(28)15-4-5-17-16(11-15)23-19(27)12-29-17/h4-5,10-11,13H,6-9,12H2,1-3H3,(H,23,27). The summed E-state index contributed by atoms with van der Waals surface area (Å²) in [5, 5.41) is 2.85. The van der Waals surface area contributed by atoms with Crippen molar-refractivity contribution in [2.24, 2.45) is 0 Å². The van der Waals surface area contributed by atoms with Crippen LogP contribution in [0.25, 0.3) is 0 Å². The number of nitrogens with one attached hydrogen (secondary N) is 1. The van der Waals surface area contributed by atoms with Gasteiger partial charge in [-0.2, -0.15) is 0 Å². The van der Waals surface area contributed by atoms with E-state index in [4.69, 9.17) is 4.98 Å². The maximum Gasteiger partial charge on any atom is 0.254 e. The van der Waals surface area contributed by atoms with Crippen LogP contribution in [0.15, 0.2) is 29.2 Å². The van der Waals surface area contributed by atoms with Crippen LogP contribution in [0.2, 0.25) is 0 Å². The summed E-state index contributed by atoms with van der Waals surface area (Å²) < 4.78 is 0. The molecule has 1 saturated heterocycles. The fourth-order valence-corrected chi connectivity index (χ4v) is 4.32. The molecule has 2 aromatic rings. The third-order valence-corrected chi connectivity index (χ3v) is 6.20. The number of aromatic nitrogens is 2. The van der Waals surface area contributed by atoms with Gasteiger partial charge in [-0.3, -0.25) is 9.59 Å². The normalized spacial score (nSPS) is 16.6. The Morgan fingerprint density at radius 3 is 2.62 bits per heavy atom. The summed E-state index contributed by atoms with van der Waals surface area (Å²) in [4.78, 5) is 38.9. The number of fused-ring (bicyclic) bond motifs is 1. The van der Waals surface area contributed by atoms with Crippen molar-refractivity contribution in [1.29, 1.82) is 0 Å². The lowest BCUT2D eigenvalue weighted by Gasteiger charge is -2.35. The highest BCUT2D eigenvalue weighted by atomic mass is 32.2. The van der Waals surface area contributed by atoms with Gasteiger partial charge in [-0.25, -0.2) is 9.97 Å². The van der Waals surface area contributed by atoms with E-state index in [1.54, 1.807) is 6.07 Å². The second-order valence-electron chi connectivity index (χ2n) is 7.71. The second kappa shape index (κ2) is 8.02. The third-order valence-electron chi connectivity index (χ3n) is 5.12. The van der Waals surface area contributed by atoms with Crippen LogP contribution in [0.5, 0.6) is 0 Å². The van der Waals surface area contributed by atoms with Gasteiger partial charge in [0.05, 0.1) is 11.4 Å². The minimum Gasteiger partial charge on any atom is -0.353 e. The van der Waals surface area contributed by atoms with Gasteiger partial charge in [0.15, 0.2) is 0 Å². The van der Waals surface area contributed by atoms with Gasteiger partial charge in [0, 0.05) is 54.3 Å². The van der Waals surface area contributed by atoms with Gasteiger partial charge < -0.3 is 15.1 Å². The molecule has 1 aromatic heterocycles. The number of rotatable bonds is 3. The maximum absolute atomic E-state index is 13.0. The molecular formula is C21H25N5O2S. The van der Waals surface area contributed by atoms with Crippen molar-refractivity contribution in [1.82, 2.24) is 14.9 Å². The molecule has 0 spiro atoms. The van der Waals surface area contributed by atoms with Crippen LogP contribution in [0.4, 0.5) is 11.5 Å². The van der Waals surface area contributed by atoms with Crippen LogP contribution in [0, 0.1) is 6.92 Å². The SMILES string of the molecule is Cc1cc(N2CCN(C(=O)c3ccc4c(c3)NC(=O)CS4)CC2)nc(C(C)C)n1. The van der Waals surface area contributed by atoms with Gasteiger partial charge in [0.1, 0.15) is 11.6 Å². The van der Waals surface area contributed by atoms with Gasteiger partial charge in [0.2, 0.25) is 5.91 Å². The minimum absolute atomic E-state index is 0.000917. The molecule has 1 N–H and O–H groups in total. The maximum atomic E-state index is 13.0. The van der Waals surface area contributed by atoms with E-state index in [-0.39, 0.29) is 17.7 Å². The number of hydrogen-bond donors (Lipinski definition) is 1. The first-order valence-electron chi connectivity index (χ1n) is 9.87. The lowest BCUT2D eigenvalue weighted by Crippen LogP contribution is -2.49. The van der Waals surface area contributed by atoms with E-state index >= 15 is 0 Å². The highest BCUT2D eigenvalue weighted by Crippen LogP contribution is 2.32. The second-order valence-corrected chi connectivity index (χ2v) is 8.72. The van der Waals surface area contributed by atoms with Crippen molar-refractivity contribution in [3.05, 3.63) is 41.3 Å². The molecule has 0 unspecified atom stereocenters. The highest BCUT2D eigenvalue weighted by Gasteiger charge is 2.25. The molecule has 0 aliphatic carbocycles. The molecule has 1 aromatic carbocycles. The largest absolute Gasteiger partial charge is 0.353 e. The van der Waals surface area contributed by atoms with Crippen LogP contribution in [-0.2, 0) is 4.79 Å². The van der Waals surface area contributed by atoms with Crippen molar-refractivity contribution in [3.8, 4) is 0 Å². The Balaban J connectivity index is 1.44. The molecule has 7 nitrogen and oxygen atoms in total. The van der Waals surface area contributed by atoms with Crippen molar-refractivity contribution < 1.29 is 9.59 Å². The number of piperazine rings is 1. The Kier molecular flexibility index (Phi) is 5.45. The molecule has 8 heteroatoms. The van der Waals surface area contributed by atoms with Crippen molar-refractivity contribution in [3.63, 3.8) is 0 Å². The van der Waals surface area contributed by atoms with Gasteiger partial charge in [-0.05, 0) is 25.1 Å². The summed E-state index contributed by atoms with van der Waals surface area (Å²) in [5.41, 5.74) is 2.31. The number of carbonyl (C=O) groups is 2. The summed E-state index contributed by atoms with van der Waals surface area (Å²) >= 11 is 1.50. The molecule has 152 valence electrons. The van der Waals surface area contributed by atoms with Crippen molar-refractivity contribution in [2.45, 2.75) is 31.6 Å². The van der Waals surface area contributed by atoms with Crippen LogP contribution < -0.4 is 10.2 Å². The van der Waals surface area contributed by atoms with E-state index in [1.165, 1.54) is 11.8 Å². The summed E-state index contributed by atoms with van der Waals surface area (Å²) in [6.07, 6.45) is 0. The molecule has 29 heavy (non-hydrogen) atoms. The first-order valence-corrected chi connectivity index (χ1v) is 10.9. The molecule has 1 fully saturated rings. The Morgan fingerprint density at radius 1 is 1.14 bits per heavy atom. The van der Waals surface area contributed by atoms with Crippen LogP contribution in [0.1, 0.15) is 41.6 Å². The Labute approximate surface area is 174 Å². The van der Waals surface area contributed by atoms with Crippen molar-refractivity contribution in [2.75, 3.05) is 42.1 Å². The molecule has 0 radical (unpaired) electrons. The smallest absolute Gasteiger partial charge is 0.254 e. The molecule has 0 atom stereocenters. The van der Waals surface area contributed by atoms with Gasteiger partial charge in [-0.1, -0.05) is 13.8 Å². The fraction of sp³-hybridized carbons (Fsp3) is 0.429. The zero-order chi connectivity index (χ0) is 20.5. The van der Waals surface area contributed by atoms with E-state index in [0.29, 0.717) is 24.4 Å². The molecule has 0 saturated carbocycles. The predicted octanol–water partition coefficient (Wildman–Crippen LogP) is 2.92. The number of benzene rings is 1. The average Bonchev–Trinajstić information content (AvgIpc) is 2.72. The van der Waals surface area contributed by atoms with E-state index in [1.807, 2.05) is 30.0 Å². The van der Waals surface area contributed by atoms with E-state index in [0.717, 1.165) is 41.0 Å². The lowest BCUT2D eigenvalue weighted by molar-refractivity contribution is -0.113. The van der Waals surface area contributed by atoms with Crippen LogP contribution in [-0.4, -0.2) is 58.6 Å². The summed E-state index contributed by atoms with van der Waals surface area (Å²) in [5.74, 6) is 2.46. The van der Waals surface area contributed by atoms with Gasteiger partial charge >= 0.3 is 0 Å². The zero-order valence-electron chi connectivity index (χ0n) is 16.9. The van der Waals surface area contributed by atoms with E-state index < -0.39 is 0 Å². The molecule has 2 aliphatic rings. The minimum atomic E-state index is -0.0263. The average molecular weight is 412 g/mol. The molecule has 4 rings (SSSR count). The summed E-state index contributed by atoms with van der Waals surface area (Å²) in [6, 6.07) is 7.56. The molecule has 2 aliphatic heterocycles. The number of nitrogens with zero attached hydrogens (tertiary/aromatic N) is 4. The van der Waals surface area contributed by atoms with Gasteiger partial charge in [-0.15, -0.1) is 11.8 Å². The summed E-state index contributed by atoms with van der Waals surface area (Å²) in [6.45, 7) is 8.91. The highest BCUT2D eigenvalue weighted by molar-refractivity contribution is 8.00. The first kappa shape index (κ1) is 19.7. The number of aryl methyl sites for hydroxylation is 1. The monoisotopic (exact) mass is 411 g/mol. The number of carbonyl (C=O) groups excluding carboxylic acids is 2.